The summed E-state index contributed by atoms with van der Waals surface area (Å²) in [4.78, 5) is 9.40. The minimum atomic E-state index is -0.0249. The largest absolute Gasteiger partial charge is 0.314 e. The molecule has 2 fully saturated rings. The Balaban J connectivity index is 2.03. The molecule has 0 spiro atoms. The second-order valence-corrected chi connectivity index (χ2v) is 3.95. The first-order valence-electron chi connectivity index (χ1n) is 4.92. The molecule has 2 unspecified atom stereocenters. The Morgan fingerprint density at radius 1 is 1.43 bits per heavy atom. The van der Waals surface area contributed by atoms with E-state index in [1.54, 1.807) is 0 Å². The molecule has 74 valence electrons. The van der Waals surface area contributed by atoms with Gasteiger partial charge in [-0.25, -0.2) is 0 Å². The van der Waals surface area contributed by atoms with Gasteiger partial charge in [-0.1, -0.05) is 0 Å². The van der Waals surface area contributed by atoms with Gasteiger partial charge < -0.3 is 10.2 Å². The van der Waals surface area contributed by atoms with Crippen LogP contribution < -0.4 is 10.8 Å². The van der Waals surface area contributed by atoms with E-state index < -0.39 is 0 Å². The Morgan fingerprint density at radius 2 is 2.29 bits per heavy atom. The van der Waals surface area contributed by atoms with Gasteiger partial charge >= 0.3 is 0 Å². The number of nitrogens with one attached hydrogen (secondary N) is 2. The Morgan fingerprint density at radius 3 is 3.14 bits per heavy atom. The SMILES string of the molecule is c1cc(C23CNCC2CON3)ccn1. The van der Waals surface area contributed by atoms with Crippen LogP contribution in [0.1, 0.15) is 5.56 Å². The van der Waals surface area contributed by atoms with Gasteiger partial charge in [0.2, 0.25) is 0 Å². The fourth-order valence-electron chi connectivity index (χ4n) is 2.40. The number of hydroxylamine groups is 1. The van der Waals surface area contributed by atoms with Crippen LogP contribution in [0.3, 0.4) is 0 Å². The summed E-state index contributed by atoms with van der Waals surface area (Å²) in [6.45, 7) is 2.74. The molecule has 1 aromatic heterocycles. The van der Waals surface area contributed by atoms with Crippen molar-refractivity contribution in [3.05, 3.63) is 30.1 Å². The van der Waals surface area contributed by atoms with Crippen LogP contribution in [0.15, 0.2) is 24.5 Å². The van der Waals surface area contributed by atoms with Crippen LogP contribution in [0.25, 0.3) is 0 Å². The zero-order valence-corrected chi connectivity index (χ0v) is 7.86. The number of hydrogen-bond donors (Lipinski definition) is 2. The highest BCUT2D eigenvalue weighted by molar-refractivity contribution is 5.26. The summed E-state index contributed by atoms with van der Waals surface area (Å²) >= 11 is 0. The Kier molecular flexibility index (Phi) is 1.80. The van der Waals surface area contributed by atoms with E-state index in [9.17, 15) is 0 Å². The number of fused-ring (bicyclic) bond motifs is 1. The van der Waals surface area contributed by atoms with E-state index in [0.29, 0.717) is 5.92 Å². The highest BCUT2D eigenvalue weighted by atomic mass is 16.7. The first-order valence-corrected chi connectivity index (χ1v) is 4.92. The zero-order valence-electron chi connectivity index (χ0n) is 7.86. The fourth-order valence-corrected chi connectivity index (χ4v) is 2.40. The lowest BCUT2D eigenvalue weighted by atomic mass is 9.83. The molecular formula is C10H13N3O. The summed E-state index contributed by atoms with van der Waals surface area (Å²) in [5.41, 5.74) is 4.40. The molecule has 2 saturated heterocycles. The maximum absolute atomic E-state index is 5.36. The van der Waals surface area contributed by atoms with E-state index in [4.69, 9.17) is 4.84 Å². The number of nitrogens with zero attached hydrogens (tertiary/aromatic N) is 1. The molecule has 1 aromatic rings. The lowest BCUT2D eigenvalue weighted by Crippen LogP contribution is -2.42. The van der Waals surface area contributed by atoms with Gasteiger partial charge in [0.05, 0.1) is 12.1 Å². The minimum Gasteiger partial charge on any atom is -0.314 e. The van der Waals surface area contributed by atoms with Crippen molar-refractivity contribution in [1.82, 2.24) is 15.8 Å². The molecule has 0 amide bonds. The van der Waals surface area contributed by atoms with E-state index in [0.717, 1.165) is 19.7 Å². The van der Waals surface area contributed by atoms with Crippen LogP contribution in [0.2, 0.25) is 0 Å². The quantitative estimate of drug-likeness (QED) is 0.657. The van der Waals surface area contributed by atoms with E-state index in [2.05, 4.69) is 27.9 Å². The van der Waals surface area contributed by atoms with Crippen LogP contribution in [0, 0.1) is 5.92 Å². The van der Waals surface area contributed by atoms with Gasteiger partial charge in [-0.15, -0.1) is 0 Å². The molecule has 2 aliphatic rings. The molecule has 4 heteroatoms. The summed E-state index contributed by atoms with van der Waals surface area (Å²) < 4.78 is 0. The molecule has 0 saturated carbocycles. The number of pyridine rings is 1. The molecule has 3 rings (SSSR count). The highest BCUT2D eigenvalue weighted by Crippen LogP contribution is 2.36. The molecule has 0 aliphatic carbocycles. The maximum Gasteiger partial charge on any atom is 0.0868 e. The Labute approximate surface area is 82.6 Å². The third kappa shape index (κ3) is 1.02. The zero-order chi connectivity index (χ0) is 9.43. The van der Waals surface area contributed by atoms with Crippen molar-refractivity contribution < 1.29 is 4.84 Å². The summed E-state index contributed by atoms with van der Waals surface area (Å²) in [6.07, 6.45) is 3.67. The van der Waals surface area contributed by atoms with E-state index in [1.165, 1.54) is 5.56 Å². The van der Waals surface area contributed by atoms with Crippen molar-refractivity contribution in [3.63, 3.8) is 0 Å². The third-order valence-corrected chi connectivity index (χ3v) is 3.23. The summed E-state index contributed by atoms with van der Waals surface area (Å²) in [5.74, 6) is 0.532. The average Bonchev–Trinajstić information content (AvgIpc) is 2.77. The monoisotopic (exact) mass is 191 g/mol. The lowest BCUT2D eigenvalue weighted by Gasteiger charge is -2.26. The predicted octanol–water partition coefficient (Wildman–Crippen LogP) is 0.0311. The fraction of sp³-hybridized carbons (Fsp3) is 0.500. The molecule has 2 aliphatic heterocycles. The summed E-state index contributed by atoms with van der Waals surface area (Å²) in [5, 5.41) is 3.40. The number of hydrogen-bond acceptors (Lipinski definition) is 4. The molecule has 3 heterocycles. The van der Waals surface area contributed by atoms with Crippen LogP contribution >= 0.6 is 0 Å². The van der Waals surface area contributed by atoms with Gasteiger partial charge in [-0.05, 0) is 17.7 Å². The summed E-state index contributed by atoms with van der Waals surface area (Å²) in [6, 6.07) is 4.11. The smallest absolute Gasteiger partial charge is 0.0868 e. The van der Waals surface area contributed by atoms with Gasteiger partial charge in [0.1, 0.15) is 0 Å². The van der Waals surface area contributed by atoms with Gasteiger partial charge in [0, 0.05) is 31.4 Å². The van der Waals surface area contributed by atoms with Crippen molar-refractivity contribution in [1.29, 1.82) is 0 Å². The lowest BCUT2D eigenvalue weighted by molar-refractivity contribution is 0.0599. The van der Waals surface area contributed by atoms with Gasteiger partial charge in [-0.2, -0.15) is 5.48 Å². The normalized spacial score (nSPS) is 35.9. The van der Waals surface area contributed by atoms with Crippen LogP contribution in [0.5, 0.6) is 0 Å². The molecule has 0 aromatic carbocycles. The molecule has 2 atom stereocenters. The highest BCUT2D eigenvalue weighted by Gasteiger charge is 2.48. The van der Waals surface area contributed by atoms with Crippen molar-refractivity contribution in [3.8, 4) is 0 Å². The van der Waals surface area contributed by atoms with Gasteiger partial charge in [0.15, 0.2) is 0 Å². The topological polar surface area (TPSA) is 46.2 Å². The van der Waals surface area contributed by atoms with Crippen molar-refractivity contribution >= 4 is 0 Å². The first kappa shape index (κ1) is 8.35. The second-order valence-electron chi connectivity index (χ2n) is 3.95. The van der Waals surface area contributed by atoms with Crippen molar-refractivity contribution in [2.75, 3.05) is 19.7 Å². The Bertz CT molecular complexity index is 317. The van der Waals surface area contributed by atoms with E-state index >= 15 is 0 Å². The average molecular weight is 191 g/mol. The standard InChI is InChI=1S/C10H13N3O/c1-3-11-4-2-8(1)10-7-12-5-9(10)6-14-13-10/h1-4,9,12-13H,5-7H2. The number of aromatic nitrogens is 1. The van der Waals surface area contributed by atoms with Crippen LogP contribution in [0.4, 0.5) is 0 Å². The van der Waals surface area contributed by atoms with E-state index in [-0.39, 0.29) is 5.54 Å². The molecular weight excluding hydrogens is 178 g/mol. The molecule has 0 bridgehead atoms. The number of rotatable bonds is 1. The van der Waals surface area contributed by atoms with Crippen molar-refractivity contribution in [2.24, 2.45) is 5.92 Å². The summed E-state index contributed by atoms with van der Waals surface area (Å²) in [7, 11) is 0. The second kappa shape index (κ2) is 3.02. The Hall–Kier alpha value is -0.970. The van der Waals surface area contributed by atoms with Gasteiger partial charge in [0.25, 0.3) is 0 Å². The van der Waals surface area contributed by atoms with Crippen LogP contribution in [-0.4, -0.2) is 24.7 Å². The molecule has 0 radical (unpaired) electrons. The maximum atomic E-state index is 5.36. The first-order chi connectivity index (χ1) is 6.92. The van der Waals surface area contributed by atoms with Crippen LogP contribution in [-0.2, 0) is 10.4 Å². The van der Waals surface area contributed by atoms with Gasteiger partial charge in [-0.3, -0.25) is 4.98 Å². The molecule has 2 N–H and O–H groups in total. The minimum absolute atomic E-state index is 0.0249. The third-order valence-electron chi connectivity index (χ3n) is 3.23. The molecule has 14 heavy (non-hydrogen) atoms. The van der Waals surface area contributed by atoms with E-state index in [1.807, 2.05) is 12.4 Å². The predicted molar refractivity (Wildman–Crippen MR) is 51.4 cm³/mol. The molecule has 4 nitrogen and oxygen atoms in total. The van der Waals surface area contributed by atoms with Crippen molar-refractivity contribution in [2.45, 2.75) is 5.54 Å².